The van der Waals surface area contributed by atoms with E-state index in [0.717, 1.165) is 22.4 Å². The summed E-state index contributed by atoms with van der Waals surface area (Å²) in [5.74, 6) is 0.0123. The van der Waals surface area contributed by atoms with Gasteiger partial charge in [-0.05, 0) is 29.3 Å². The van der Waals surface area contributed by atoms with Crippen LogP contribution in [0.1, 0.15) is 17.0 Å². The van der Waals surface area contributed by atoms with E-state index in [4.69, 9.17) is 4.74 Å². The molecule has 3 aromatic rings. The summed E-state index contributed by atoms with van der Waals surface area (Å²) >= 11 is 0. The van der Waals surface area contributed by atoms with Gasteiger partial charge in [-0.15, -0.1) is 0 Å². The second kappa shape index (κ2) is 6.72. The first-order valence-electron chi connectivity index (χ1n) is 7.07. The number of nitrogens with zero attached hydrogens (tertiary/aromatic N) is 1. The molecule has 3 rings (SSSR count). The third kappa shape index (κ3) is 3.06. The average molecular weight is 292 g/mol. The minimum Gasteiger partial charge on any atom is -0.467 e. The molecule has 0 aliphatic rings. The molecule has 0 saturated heterocycles. The van der Waals surface area contributed by atoms with Crippen LogP contribution in [0, 0.1) is 0 Å². The highest BCUT2D eigenvalue weighted by molar-refractivity contribution is 5.60. The number of aromatic nitrogens is 2. The van der Waals surface area contributed by atoms with Crippen LogP contribution in [0.5, 0.6) is 0 Å². The highest BCUT2D eigenvalue weighted by Gasteiger charge is 2.16. The van der Waals surface area contributed by atoms with Crippen molar-refractivity contribution in [2.24, 2.45) is 0 Å². The molecule has 1 atom stereocenters. The fraction of sp³-hybridized carbons (Fsp3) is 0.111. The van der Waals surface area contributed by atoms with Crippen LogP contribution >= 0.6 is 0 Å². The Labute approximate surface area is 128 Å². The minimum atomic E-state index is 0.0123. The standard InChI is InChI=1S/C18H16N2O2/c21-13-22-12-17(14-4-2-1-3-5-14)16-10-18(20-11-16)15-6-8-19-9-7-15/h1-11,13,17,20H,12H2. The van der Waals surface area contributed by atoms with Crippen molar-refractivity contribution in [3.05, 3.63) is 78.2 Å². The van der Waals surface area contributed by atoms with Gasteiger partial charge in [-0.1, -0.05) is 30.3 Å². The lowest BCUT2D eigenvalue weighted by molar-refractivity contribution is -0.128. The van der Waals surface area contributed by atoms with Crippen molar-refractivity contribution in [3.8, 4) is 11.3 Å². The Morgan fingerprint density at radius 3 is 2.59 bits per heavy atom. The number of H-pyrrole nitrogens is 1. The summed E-state index contributed by atoms with van der Waals surface area (Å²) in [6, 6.07) is 16.0. The number of hydrogen-bond donors (Lipinski definition) is 1. The number of hydrogen-bond acceptors (Lipinski definition) is 3. The Balaban J connectivity index is 1.92. The summed E-state index contributed by atoms with van der Waals surface area (Å²) in [5.41, 5.74) is 4.29. The minimum absolute atomic E-state index is 0.0123. The normalized spacial score (nSPS) is 11.8. The molecule has 1 aromatic carbocycles. The summed E-state index contributed by atoms with van der Waals surface area (Å²) < 4.78 is 5.01. The second-order valence-corrected chi connectivity index (χ2v) is 4.98. The summed E-state index contributed by atoms with van der Waals surface area (Å²) in [6.45, 7) is 0.813. The Kier molecular flexibility index (Phi) is 4.30. The summed E-state index contributed by atoms with van der Waals surface area (Å²) in [5, 5.41) is 0. The molecule has 2 aromatic heterocycles. The van der Waals surface area contributed by atoms with Crippen molar-refractivity contribution in [2.45, 2.75) is 5.92 Å². The van der Waals surface area contributed by atoms with Crippen LogP contribution in [0.2, 0.25) is 0 Å². The van der Waals surface area contributed by atoms with Gasteiger partial charge in [-0.2, -0.15) is 0 Å². The quantitative estimate of drug-likeness (QED) is 0.709. The molecule has 0 spiro atoms. The maximum absolute atomic E-state index is 10.6. The first kappa shape index (κ1) is 14.1. The van der Waals surface area contributed by atoms with Crippen LogP contribution in [-0.4, -0.2) is 23.0 Å². The molecule has 110 valence electrons. The van der Waals surface area contributed by atoms with Gasteiger partial charge in [0.25, 0.3) is 6.47 Å². The zero-order valence-electron chi connectivity index (χ0n) is 12.0. The van der Waals surface area contributed by atoms with Crippen molar-refractivity contribution in [1.82, 2.24) is 9.97 Å². The molecule has 0 fully saturated rings. The molecule has 0 saturated carbocycles. The van der Waals surface area contributed by atoms with Crippen molar-refractivity contribution >= 4 is 6.47 Å². The van der Waals surface area contributed by atoms with Gasteiger partial charge in [0.15, 0.2) is 0 Å². The van der Waals surface area contributed by atoms with Crippen LogP contribution in [0.15, 0.2) is 67.1 Å². The van der Waals surface area contributed by atoms with E-state index in [2.05, 4.69) is 16.0 Å². The maximum Gasteiger partial charge on any atom is 0.293 e. The molecule has 0 amide bonds. The van der Waals surface area contributed by atoms with Crippen molar-refractivity contribution in [2.75, 3.05) is 6.61 Å². The molecule has 1 N–H and O–H groups in total. The van der Waals surface area contributed by atoms with E-state index in [1.54, 1.807) is 12.4 Å². The number of carbonyl (C=O) groups excluding carboxylic acids is 1. The van der Waals surface area contributed by atoms with Gasteiger partial charge in [0.1, 0.15) is 6.61 Å². The van der Waals surface area contributed by atoms with Crippen molar-refractivity contribution in [3.63, 3.8) is 0 Å². The van der Waals surface area contributed by atoms with Crippen LogP contribution in [0.3, 0.4) is 0 Å². The van der Waals surface area contributed by atoms with Gasteiger partial charge in [0.2, 0.25) is 0 Å². The summed E-state index contributed by atoms with van der Waals surface area (Å²) in [7, 11) is 0. The van der Waals surface area contributed by atoms with Gasteiger partial charge < -0.3 is 9.72 Å². The second-order valence-electron chi connectivity index (χ2n) is 4.98. The van der Waals surface area contributed by atoms with E-state index >= 15 is 0 Å². The number of rotatable bonds is 6. The van der Waals surface area contributed by atoms with Crippen molar-refractivity contribution in [1.29, 1.82) is 0 Å². The van der Waals surface area contributed by atoms with E-state index in [-0.39, 0.29) is 5.92 Å². The molecule has 0 radical (unpaired) electrons. The first-order chi connectivity index (χ1) is 10.9. The number of aromatic amines is 1. The van der Waals surface area contributed by atoms with Gasteiger partial charge in [0, 0.05) is 35.8 Å². The number of ether oxygens (including phenoxy) is 1. The largest absolute Gasteiger partial charge is 0.467 e. The fourth-order valence-electron chi connectivity index (χ4n) is 2.52. The number of pyridine rings is 1. The fourth-order valence-corrected chi connectivity index (χ4v) is 2.52. The highest BCUT2D eigenvalue weighted by atomic mass is 16.5. The molecule has 0 aliphatic carbocycles. The van der Waals surface area contributed by atoms with Gasteiger partial charge in [0.05, 0.1) is 0 Å². The Morgan fingerprint density at radius 2 is 1.86 bits per heavy atom. The number of carbonyl (C=O) groups is 1. The highest BCUT2D eigenvalue weighted by Crippen LogP contribution is 2.28. The van der Waals surface area contributed by atoms with Crippen LogP contribution < -0.4 is 0 Å². The Bertz CT molecular complexity index is 723. The van der Waals surface area contributed by atoms with Gasteiger partial charge >= 0.3 is 0 Å². The lowest BCUT2D eigenvalue weighted by Crippen LogP contribution is -2.08. The topological polar surface area (TPSA) is 55.0 Å². The summed E-state index contributed by atoms with van der Waals surface area (Å²) in [4.78, 5) is 17.9. The van der Waals surface area contributed by atoms with Crippen LogP contribution in [0.25, 0.3) is 11.3 Å². The third-order valence-electron chi connectivity index (χ3n) is 3.63. The molecule has 1 unspecified atom stereocenters. The molecule has 0 bridgehead atoms. The zero-order valence-corrected chi connectivity index (χ0v) is 12.0. The average Bonchev–Trinajstić information content (AvgIpc) is 3.07. The molecule has 0 aliphatic heterocycles. The molecule has 2 heterocycles. The lowest BCUT2D eigenvalue weighted by Gasteiger charge is -2.14. The monoisotopic (exact) mass is 292 g/mol. The zero-order chi connectivity index (χ0) is 15.2. The molecular weight excluding hydrogens is 276 g/mol. The smallest absolute Gasteiger partial charge is 0.293 e. The SMILES string of the molecule is O=COCC(c1ccccc1)c1c[nH]c(-c2ccncc2)c1. The van der Waals surface area contributed by atoms with Crippen molar-refractivity contribution < 1.29 is 9.53 Å². The van der Waals surface area contributed by atoms with E-state index < -0.39 is 0 Å². The number of benzene rings is 1. The van der Waals surface area contributed by atoms with E-state index in [0.29, 0.717) is 13.1 Å². The van der Waals surface area contributed by atoms with Gasteiger partial charge in [-0.3, -0.25) is 9.78 Å². The third-order valence-corrected chi connectivity index (χ3v) is 3.63. The summed E-state index contributed by atoms with van der Waals surface area (Å²) in [6.07, 6.45) is 5.49. The molecule has 22 heavy (non-hydrogen) atoms. The van der Waals surface area contributed by atoms with Crippen LogP contribution in [-0.2, 0) is 9.53 Å². The van der Waals surface area contributed by atoms with E-state index in [1.165, 1.54) is 0 Å². The van der Waals surface area contributed by atoms with E-state index in [9.17, 15) is 4.79 Å². The van der Waals surface area contributed by atoms with Gasteiger partial charge in [-0.25, -0.2) is 0 Å². The predicted octanol–water partition coefficient (Wildman–Crippen LogP) is 3.38. The molecule has 4 heteroatoms. The first-order valence-corrected chi connectivity index (χ1v) is 7.07. The number of nitrogens with one attached hydrogen (secondary N) is 1. The van der Waals surface area contributed by atoms with E-state index in [1.807, 2.05) is 48.7 Å². The lowest BCUT2D eigenvalue weighted by atomic mass is 9.93. The predicted molar refractivity (Wildman–Crippen MR) is 84.3 cm³/mol. The Morgan fingerprint density at radius 1 is 1.09 bits per heavy atom. The Hall–Kier alpha value is -2.88. The molecular formula is C18H16N2O2. The maximum atomic E-state index is 10.6. The van der Waals surface area contributed by atoms with Crippen LogP contribution in [0.4, 0.5) is 0 Å². The molecule has 4 nitrogen and oxygen atoms in total.